The average molecular weight is 516 g/mol. The molecule has 0 radical (unpaired) electrons. The normalized spacial score (nSPS) is 19.4. The standard InChI is InChI=1S/C20H33Cl3N4O5/c1-12(2)15(25-18(30)32-19(4,5)6)16(28)24-13(3)10-27-9-7-8-14(26-27)17(29)31-11-20(21,22)23/h13-15,26H,1,7-11H2,2-6H3,(H,24,28)(H,25,30)/t13-,14-,15-/m0/s1. The summed E-state index contributed by atoms with van der Waals surface area (Å²) in [4.78, 5) is 37.0. The van der Waals surface area contributed by atoms with Gasteiger partial charge in [0, 0.05) is 19.1 Å². The Kier molecular flexibility index (Phi) is 11.0. The Morgan fingerprint density at radius 1 is 1.22 bits per heavy atom. The van der Waals surface area contributed by atoms with Crippen molar-refractivity contribution >= 4 is 52.8 Å². The minimum Gasteiger partial charge on any atom is -0.460 e. The molecule has 1 saturated heterocycles. The lowest BCUT2D eigenvalue weighted by Crippen LogP contribution is -2.58. The molecule has 1 fully saturated rings. The number of esters is 1. The first-order valence-corrected chi connectivity index (χ1v) is 11.4. The summed E-state index contributed by atoms with van der Waals surface area (Å²) in [6, 6.07) is -1.81. The second-order valence-electron chi connectivity index (χ2n) is 8.83. The predicted octanol–water partition coefficient (Wildman–Crippen LogP) is 2.84. The van der Waals surface area contributed by atoms with Crippen molar-refractivity contribution in [2.75, 3.05) is 19.7 Å². The quantitative estimate of drug-likeness (QED) is 0.259. The van der Waals surface area contributed by atoms with Gasteiger partial charge in [0.25, 0.3) is 0 Å². The van der Waals surface area contributed by atoms with Crippen molar-refractivity contribution in [3.63, 3.8) is 0 Å². The van der Waals surface area contributed by atoms with Crippen LogP contribution in [0.2, 0.25) is 0 Å². The molecule has 184 valence electrons. The van der Waals surface area contributed by atoms with E-state index in [0.29, 0.717) is 25.1 Å². The van der Waals surface area contributed by atoms with Gasteiger partial charge in [-0.3, -0.25) is 9.59 Å². The largest absolute Gasteiger partial charge is 0.460 e. The summed E-state index contributed by atoms with van der Waals surface area (Å²) in [5, 5.41) is 7.21. The van der Waals surface area contributed by atoms with Crippen molar-refractivity contribution < 1.29 is 23.9 Å². The summed E-state index contributed by atoms with van der Waals surface area (Å²) in [7, 11) is 0. The fourth-order valence-corrected chi connectivity index (χ4v) is 3.11. The molecule has 0 aliphatic carbocycles. The first kappa shape index (κ1) is 28.8. The maximum Gasteiger partial charge on any atom is 0.408 e. The highest BCUT2D eigenvalue weighted by atomic mass is 35.6. The SMILES string of the molecule is C=C(C)[C@H](NC(=O)OC(C)(C)C)C(=O)N[C@@H](C)CN1CCC[C@@H](C(=O)OCC(Cl)(Cl)Cl)N1. The second-order valence-corrected chi connectivity index (χ2v) is 11.3. The van der Waals surface area contributed by atoms with Gasteiger partial charge in [-0.2, -0.15) is 0 Å². The highest BCUT2D eigenvalue weighted by Gasteiger charge is 2.31. The number of amides is 2. The van der Waals surface area contributed by atoms with Crippen LogP contribution in [0.3, 0.4) is 0 Å². The monoisotopic (exact) mass is 514 g/mol. The third-order valence-corrected chi connectivity index (χ3v) is 4.55. The summed E-state index contributed by atoms with van der Waals surface area (Å²) in [5.41, 5.74) is 2.85. The minimum atomic E-state index is -1.67. The van der Waals surface area contributed by atoms with E-state index in [0.717, 1.165) is 6.42 Å². The van der Waals surface area contributed by atoms with E-state index < -0.39 is 39.4 Å². The molecule has 2 amide bonds. The highest BCUT2D eigenvalue weighted by molar-refractivity contribution is 6.67. The number of ether oxygens (including phenoxy) is 2. The smallest absolute Gasteiger partial charge is 0.408 e. The molecule has 0 spiro atoms. The Bertz CT molecular complexity index is 694. The average Bonchev–Trinajstić information content (AvgIpc) is 2.61. The fraction of sp³-hybridized carbons (Fsp3) is 0.750. The van der Waals surface area contributed by atoms with Gasteiger partial charge in [0.15, 0.2) is 0 Å². The molecule has 0 aromatic heterocycles. The third-order valence-electron chi connectivity index (χ3n) is 4.22. The van der Waals surface area contributed by atoms with E-state index in [1.165, 1.54) is 0 Å². The van der Waals surface area contributed by atoms with Gasteiger partial charge >= 0.3 is 12.1 Å². The van der Waals surface area contributed by atoms with Gasteiger partial charge in [-0.05, 0) is 53.0 Å². The van der Waals surface area contributed by atoms with E-state index in [9.17, 15) is 14.4 Å². The molecule has 0 bridgehead atoms. The van der Waals surface area contributed by atoms with Crippen LogP contribution in [0.25, 0.3) is 0 Å². The van der Waals surface area contributed by atoms with Crippen molar-refractivity contribution in [1.82, 2.24) is 21.1 Å². The Morgan fingerprint density at radius 3 is 2.38 bits per heavy atom. The van der Waals surface area contributed by atoms with Crippen LogP contribution in [0.5, 0.6) is 0 Å². The summed E-state index contributed by atoms with van der Waals surface area (Å²) < 4.78 is 8.58. The van der Waals surface area contributed by atoms with Crippen molar-refractivity contribution in [2.24, 2.45) is 0 Å². The van der Waals surface area contributed by atoms with Crippen LogP contribution in [0, 0.1) is 0 Å². The lowest BCUT2D eigenvalue weighted by Gasteiger charge is -2.35. The molecule has 3 N–H and O–H groups in total. The number of carbonyl (C=O) groups excluding carboxylic acids is 3. The van der Waals surface area contributed by atoms with Gasteiger partial charge in [0.1, 0.15) is 24.3 Å². The van der Waals surface area contributed by atoms with E-state index in [1.807, 2.05) is 11.9 Å². The number of alkyl carbamates (subject to hydrolysis) is 1. The van der Waals surface area contributed by atoms with Gasteiger partial charge in [-0.1, -0.05) is 41.4 Å². The molecule has 9 nitrogen and oxygen atoms in total. The van der Waals surface area contributed by atoms with Crippen LogP contribution in [0.1, 0.15) is 47.5 Å². The number of hydrogen-bond acceptors (Lipinski definition) is 7. The summed E-state index contributed by atoms with van der Waals surface area (Å²) in [6.07, 6.45) is 0.616. The fourth-order valence-electron chi connectivity index (χ4n) is 2.94. The number of hydrogen-bond donors (Lipinski definition) is 3. The molecule has 1 aliphatic rings. The van der Waals surface area contributed by atoms with E-state index in [2.05, 4.69) is 22.6 Å². The van der Waals surface area contributed by atoms with Crippen LogP contribution in [-0.4, -0.2) is 70.2 Å². The maximum atomic E-state index is 12.7. The zero-order valence-corrected chi connectivity index (χ0v) is 21.4. The molecule has 0 aromatic rings. The Labute approximate surface area is 204 Å². The van der Waals surface area contributed by atoms with Gasteiger partial charge < -0.3 is 20.1 Å². The zero-order valence-electron chi connectivity index (χ0n) is 19.1. The first-order chi connectivity index (χ1) is 14.6. The third kappa shape index (κ3) is 11.6. The van der Waals surface area contributed by atoms with Gasteiger partial charge in [-0.15, -0.1) is 0 Å². The second kappa shape index (κ2) is 12.3. The minimum absolute atomic E-state index is 0.298. The van der Waals surface area contributed by atoms with Crippen LogP contribution in [0.15, 0.2) is 12.2 Å². The summed E-state index contributed by atoms with van der Waals surface area (Å²) in [5.74, 6) is -0.923. The molecule has 12 heteroatoms. The number of hydrazine groups is 1. The molecule has 0 saturated carbocycles. The summed E-state index contributed by atoms with van der Waals surface area (Å²) in [6.45, 7) is 13.2. The molecular weight excluding hydrogens is 483 g/mol. The lowest BCUT2D eigenvalue weighted by atomic mass is 10.1. The molecule has 1 heterocycles. The molecular formula is C20H33Cl3N4O5. The topological polar surface area (TPSA) is 109 Å². The summed E-state index contributed by atoms with van der Waals surface area (Å²) >= 11 is 16.8. The van der Waals surface area contributed by atoms with Crippen molar-refractivity contribution in [3.8, 4) is 0 Å². The van der Waals surface area contributed by atoms with E-state index in [-0.39, 0.29) is 12.6 Å². The number of alkyl halides is 3. The van der Waals surface area contributed by atoms with E-state index in [1.54, 1.807) is 27.7 Å². The van der Waals surface area contributed by atoms with E-state index in [4.69, 9.17) is 44.3 Å². The molecule has 32 heavy (non-hydrogen) atoms. The van der Waals surface area contributed by atoms with Crippen molar-refractivity contribution in [2.45, 2.75) is 75.0 Å². The van der Waals surface area contributed by atoms with Crippen molar-refractivity contribution in [1.29, 1.82) is 0 Å². The van der Waals surface area contributed by atoms with Gasteiger partial charge in [0.2, 0.25) is 9.70 Å². The van der Waals surface area contributed by atoms with Crippen LogP contribution in [0.4, 0.5) is 4.79 Å². The molecule has 3 atom stereocenters. The lowest BCUT2D eigenvalue weighted by molar-refractivity contribution is -0.149. The Morgan fingerprint density at radius 2 is 1.84 bits per heavy atom. The zero-order chi connectivity index (χ0) is 24.7. The molecule has 1 rings (SSSR count). The molecule has 1 aliphatic heterocycles. The predicted molar refractivity (Wildman–Crippen MR) is 125 cm³/mol. The van der Waals surface area contributed by atoms with Gasteiger partial charge in [-0.25, -0.2) is 15.2 Å². The first-order valence-electron chi connectivity index (χ1n) is 10.3. The number of nitrogens with zero attached hydrogens (tertiary/aromatic N) is 1. The number of nitrogens with one attached hydrogen (secondary N) is 3. The molecule has 0 unspecified atom stereocenters. The van der Waals surface area contributed by atoms with Gasteiger partial charge in [0.05, 0.1) is 0 Å². The van der Waals surface area contributed by atoms with Crippen LogP contribution in [-0.2, 0) is 19.1 Å². The van der Waals surface area contributed by atoms with Crippen LogP contribution >= 0.6 is 34.8 Å². The van der Waals surface area contributed by atoms with Crippen molar-refractivity contribution in [3.05, 3.63) is 12.2 Å². The Hall–Kier alpha value is -1.26. The Balaban J connectivity index is 2.58. The number of carbonyl (C=O) groups is 3. The van der Waals surface area contributed by atoms with E-state index >= 15 is 0 Å². The number of rotatable bonds is 8. The highest BCUT2D eigenvalue weighted by Crippen LogP contribution is 2.26. The maximum absolute atomic E-state index is 12.7. The number of halogens is 3. The molecule has 0 aromatic carbocycles. The van der Waals surface area contributed by atoms with Crippen LogP contribution < -0.4 is 16.1 Å².